The van der Waals surface area contributed by atoms with Gasteiger partial charge in [-0.15, -0.1) is 0 Å². The Morgan fingerprint density at radius 2 is 1.67 bits per heavy atom. The fraction of sp³-hybridized carbons (Fsp3) is 0.462. The van der Waals surface area contributed by atoms with E-state index in [-0.39, 0.29) is 11.2 Å². The Labute approximate surface area is 104 Å². The lowest BCUT2D eigenvalue weighted by Gasteiger charge is -2.23. The van der Waals surface area contributed by atoms with Crippen molar-refractivity contribution in [3.05, 3.63) is 29.8 Å². The Hall–Kier alpha value is -1.52. The average molecular weight is 260 g/mol. The molecule has 0 fully saturated rings. The zero-order chi connectivity index (χ0) is 14.0. The van der Waals surface area contributed by atoms with Crippen molar-refractivity contribution >= 4 is 5.97 Å². The number of halogens is 3. The first-order chi connectivity index (χ1) is 8.16. The monoisotopic (exact) mass is 260 g/mol. The first-order valence-corrected chi connectivity index (χ1v) is 5.56. The number of benzene rings is 1. The van der Waals surface area contributed by atoms with Crippen LogP contribution in [0, 0.1) is 0 Å². The van der Waals surface area contributed by atoms with Gasteiger partial charge in [0.1, 0.15) is 5.75 Å². The van der Waals surface area contributed by atoms with E-state index >= 15 is 0 Å². The second kappa shape index (κ2) is 5.00. The number of alkyl halides is 3. The lowest BCUT2D eigenvalue weighted by Crippen LogP contribution is -2.28. The Morgan fingerprint density at radius 1 is 1.17 bits per heavy atom. The van der Waals surface area contributed by atoms with Crippen LogP contribution in [0.25, 0.3) is 0 Å². The number of hydrogen-bond donors (Lipinski definition) is 0. The maximum absolute atomic E-state index is 12.0. The zero-order valence-electron chi connectivity index (χ0n) is 10.5. The summed E-state index contributed by atoms with van der Waals surface area (Å²) in [6.45, 7) is 6.09. The molecule has 1 rings (SSSR count). The highest BCUT2D eigenvalue weighted by Gasteiger charge is 2.41. The first-order valence-electron chi connectivity index (χ1n) is 5.56. The third-order valence-electron chi connectivity index (χ3n) is 2.96. The second-order valence-electron chi connectivity index (χ2n) is 4.65. The van der Waals surface area contributed by atoms with Crippen LogP contribution in [0.2, 0.25) is 0 Å². The molecule has 0 unspecified atom stereocenters. The van der Waals surface area contributed by atoms with E-state index in [9.17, 15) is 18.0 Å². The van der Waals surface area contributed by atoms with Crippen LogP contribution in [0.3, 0.4) is 0 Å². The predicted molar refractivity (Wildman–Crippen MR) is 61.4 cm³/mol. The molecule has 0 atom stereocenters. The van der Waals surface area contributed by atoms with Gasteiger partial charge < -0.3 is 4.74 Å². The second-order valence-corrected chi connectivity index (χ2v) is 4.65. The maximum atomic E-state index is 12.0. The van der Waals surface area contributed by atoms with E-state index in [2.05, 4.69) is 4.74 Å². The topological polar surface area (TPSA) is 26.3 Å². The molecule has 0 amide bonds. The summed E-state index contributed by atoms with van der Waals surface area (Å²) in [5, 5.41) is 0. The predicted octanol–water partition coefficient (Wildman–Crippen LogP) is 3.84. The van der Waals surface area contributed by atoms with Gasteiger partial charge in [-0.05, 0) is 29.5 Å². The third kappa shape index (κ3) is 3.48. The van der Waals surface area contributed by atoms with Gasteiger partial charge in [0.15, 0.2) is 0 Å². The molecule has 1 aromatic rings. The summed E-state index contributed by atoms with van der Waals surface area (Å²) < 4.78 is 40.2. The number of ether oxygens (including phenoxy) is 1. The molecule has 0 aromatic heterocycles. The normalized spacial score (nSPS) is 12.3. The summed E-state index contributed by atoms with van der Waals surface area (Å²) in [7, 11) is 0. The molecule has 0 spiro atoms. The van der Waals surface area contributed by atoms with Gasteiger partial charge >= 0.3 is 12.1 Å². The summed E-state index contributed by atoms with van der Waals surface area (Å²) in [6, 6.07) is 6.08. The highest BCUT2D eigenvalue weighted by atomic mass is 19.4. The van der Waals surface area contributed by atoms with Gasteiger partial charge in [0.2, 0.25) is 0 Å². The van der Waals surface area contributed by atoms with Crippen LogP contribution in [0.5, 0.6) is 5.75 Å². The van der Waals surface area contributed by atoms with Crippen molar-refractivity contribution in [1.82, 2.24) is 0 Å². The van der Waals surface area contributed by atoms with Crippen molar-refractivity contribution in [3.63, 3.8) is 0 Å². The Balaban J connectivity index is 2.82. The van der Waals surface area contributed by atoms with Gasteiger partial charge in [-0.25, -0.2) is 4.79 Å². The molecular formula is C13H15F3O2. The van der Waals surface area contributed by atoms with E-state index in [0.29, 0.717) is 0 Å². The molecule has 100 valence electrons. The average Bonchev–Trinajstić information content (AvgIpc) is 2.28. The molecule has 0 aliphatic carbocycles. The summed E-state index contributed by atoms with van der Waals surface area (Å²) in [5.41, 5.74) is 0.920. The van der Waals surface area contributed by atoms with Gasteiger partial charge in [0.25, 0.3) is 0 Å². The number of carbonyl (C=O) groups excluding carboxylic acids is 1. The van der Waals surface area contributed by atoms with Crippen LogP contribution in [0.1, 0.15) is 32.8 Å². The standard InChI is InChI=1S/C13H15F3O2/c1-4-12(2,3)9-5-7-10(8-6-9)18-11(17)13(14,15)16/h5-8H,4H2,1-3H3. The first kappa shape index (κ1) is 14.5. The van der Waals surface area contributed by atoms with Crippen LogP contribution in [0.4, 0.5) is 13.2 Å². The SMILES string of the molecule is CCC(C)(C)c1ccc(OC(=O)C(F)(F)F)cc1. The molecule has 0 bridgehead atoms. The molecular weight excluding hydrogens is 245 g/mol. The summed E-state index contributed by atoms with van der Waals surface area (Å²) in [5.74, 6) is -2.31. The summed E-state index contributed by atoms with van der Waals surface area (Å²) >= 11 is 0. The third-order valence-corrected chi connectivity index (χ3v) is 2.96. The molecule has 5 heteroatoms. The van der Waals surface area contributed by atoms with E-state index < -0.39 is 12.1 Å². The Bertz CT molecular complexity index is 419. The van der Waals surface area contributed by atoms with E-state index in [0.717, 1.165) is 12.0 Å². The molecule has 0 N–H and O–H groups in total. The van der Waals surface area contributed by atoms with Gasteiger partial charge in [-0.3, -0.25) is 0 Å². The Kier molecular flexibility index (Phi) is 4.04. The van der Waals surface area contributed by atoms with Gasteiger partial charge in [0.05, 0.1) is 0 Å². The zero-order valence-corrected chi connectivity index (χ0v) is 10.5. The van der Waals surface area contributed by atoms with Crippen molar-refractivity contribution < 1.29 is 22.7 Å². The molecule has 0 saturated heterocycles. The minimum absolute atomic E-state index is 0.0629. The number of hydrogen-bond acceptors (Lipinski definition) is 2. The van der Waals surface area contributed by atoms with Gasteiger partial charge in [-0.2, -0.15) is 13.2 Å². The van der Waals surface area contributed by atoms with Gasteiger partial charge in [0, 0.05) is 0 Å². The van der Waals surface area contributed by atoms with Crippen LogP contribution >= 0.6 is 0 Å². The number of esters is 1. The molecule has 0 aliphatic heterocycles. The number of rotatable bonds is 3. The summed E-state index contributed by atoms with van der Waals surface area (Å²) in [4.78, 5) is 10.6. The molecule has 0 aliphatic rings. The van der Waals surface area contributed by atoms with Crippen molar-refractivity contribution in [3.8, 4) is 5.75 Å². The molecule has 1 aromatic carbocycles. The lowest BCUT2D eigenvalue weighted by molar-refractivity contribution is -0.189. The largest absolute Gasteiger partial charge is 0.491 e. The molecule has 2 nitrogen and oxygen atoms in total. The smallest absolute Gasteiger partial charge is 0.420 e. The van der Waals surface area contributed by atoms with Crippen LogP contribution in [0.15, 0.2) is 24.3 Å². The fourth-order valence-electron chi connectivity index (χ4n) is 1.34. The van der Waals surface area contributed by atoms with Crippen LogP contribution in [-0.4, -0.2) is 12.1 Å². The van der Waals surface area contributed by atoms with Crippen LogP contribution < -0.4 is 4.74 Å². The Morgan fingerprint density at radius 3 is 2.06 bits per heavy atom. The maximum Gasteiger partial charge on any atom is 0.491 e. The van der Waals surface area contributed by atoms with E-state index in [1.165, 1.54) is 12.1 Å². The highest BCUT2D eigenvalue weighted by molar-refractivity contribution is 5.78. The van der Waals surface area contributed by atoms with Crippen molar-refractivity contribution in [2.24, 2.45) is 0 Å². The minimum Gasteiger partial charge on any atom is -0.420 e. The highest BCUT2D eigenvalue weighted by Crippen LogP contribution is 2.28. The van der Waals surface area contributed by atoms with E-state index in [4.69, 9.17) is 0 Å². The minimum atomic E-state index is -4.97. The van der Waals surface area contributed by atoms with E-state index in [1.54, 1.807) is 12.1 Å². The molecule has 0 heterocycles. The van der Waals surface area contributed by atoms with Crippen molar-refractivity contribution in [1.29, 1.82) is 0 Å². The lowest BCUT2D eigenvalue weighted by atomic mass is 9.82. The quantitative estimate of drug-likeness (QED) is 0.609. The fourth-order valence-corrected chi connectivity index (χ4v) is 1.34. The molecule has 0 saturated carbocycles. The molecule has 0 radical (unpaired) electrons. The van der Waals surface area contributed by atoms with Crippen molar-refractivity contribution in [2.75, 3.05) is 0 Å². The molecule has 18 heavy (non-hydrogen) atoms. The number of carbonyl (C=O) groups is 1. The van der Waals surface area contributed by atoms with Gasteiger partial charge in [-0.1, -0.05) is 32.9 Å². The summed E-state index contributed by atoms with van der Waals surface area (Å²) in [6.07, 6.45) is -4.07. The van der Waals surface area contributed by atoms with E-state index in [1.807, 2.05) is 20.8 Å². The van der Waals surface area contributed by atoms with Crippen molar-refractivity contribution in [2.45, 2.75) is 38.8 Å². The van der Waals surface area contributed by atoms with Crippen LogP contribution in [-0.2, 0) is 10.2 Å².